The molecule has 5 nitrogen and oxygen atoms in total. The molecule has 3 aliphatic heterocycles. The summed E-state index contributed by atoms with van der Waals surface area (Å²) in [7, 11) is 0. The van der Waals surface area contributed by atoms with Gasteiger partial charge in [-0.15, -0.1) is 0 Å². The number of Topliss-reactive ketones (excluding diaryl/α,β-unsaturated/α-hetero) is 1. The summed E-state index contributed by atoms with van der Waals surface area (Å²) in [6.07, 6.45) is 0.958. The van der Waals surface area contributed by atoms with Crippen molar-refractivity contribution in [2.45, 2.75) is 31.7 Å². The zero-order valence-electron chi connectivity index (χ0n) is 21.5. The summed E-state index contributed by atoms with van der Waals surface area (Å²) in [6, 6.07) is 24.1. The van der Waals surface area contributed by atoms with E-state index in [-0.39, 0.29) is 30.5 Å². The van der Waals surface area contributed by atoms with E-state index in [1.54, 1.807) is 31.2 Å². The van der Waals surface area contributed by atoms with Crippen LogP contribution in [0.2, 0.25) is 0 Å². The molecule has 4 aromatic rings. The van der Waals surface area contributed by atoms with Gasteiger partial charge in [0, 0.05) is 35.7 Å². The Morgan fingerprint density at radius 1 is 0.949 bits per heavy atom. The molecule has 0 radical (unpaired) electrons. The quantitative estimate of drug-likeness (QED) is 0.317. The number of ketones is 1. The fourth-order valence-corrected chi connectivity index (χ4v) is 6.10. The first-order valence-corrected chi connectivity index (χ1v) is 13.2. The van der Waals surface area contributed by atoms with Crippen LogP contribution in [0.15, 0.2) is 78.9 Å². The Morgan fingerprint density at radius 2 is 1.77 bits per heavy atom. The fraction of sp³-hybridized carbons (Fsp3) is 0.212. The van der Waals surface area contributed by atoms with Crippen LogP contribution in [0.25, 0.3) is 0 Å². The Hall–Kier alpha value is -4.45. The molecule has 0 aliphatic carbocycles. The lowest BCUT2D eigenvalue weighted by Gasteiger charge is -2.23. The molecule has 39 heavy (non-hydrogen) atoms. The highest BCUT2D eigenvalue weighted by Gasteiger charge is 2.57. The van der Waals surface area contributed by atoms with E-state index < -0.39 is 5.41 Å². The van der Waals surface area contributed by atoms with Crippen molar-refractivity contribution in [1.29, 1.82) is 0 Å². The summed E-state index contributed by atoms with van der Waals surface area (Å²) < 4.78 is 25.7. The number of nitrogens with zero attached hydrogens (tertiary/aromatic N) is 1. The highest BCUT2D eigenvalue weighted by atomic mass is 19.1. The molecule has 0 bridgehead atoms. The maximum Gasteiger partial charge on any atom is 0.246 e. The molecule has 3 aliphatic rings. The van der Waals surface area contributed by atoms with Crippen LogP contribution in [-0.4, -0.2) is 24.9 Å². The summed E-state index contributed by atoms with van der Waals surface area (Å²) in [6.45, 7) is 2.96. The first-order valence-electron chi connectivity index (χ1n) is 13.2. The van der Waals surface area contributed by atoms with E-state index in [2.05, 4.69) is 6.07 Å². The monoisotopic (exact) mass is 519 g/mol. The average Bonchev–Trinajstić information content (AvgIpc) is 3.63. The van der Waals surface area contributed by atoms with Gasteiger partial charge < -0.3 is 14.4 Å². The fourth-order valence-electron chi connectivity index (χ4n) is 6.10. The van der Waals surface area contributed by atoms with Crippen LogP contribution in [0.1, 0.15) is 43.7 Å². The summed E-state index contributed by atoms with van der Waals surface area (Å²) >= 11 is 0. The zero-order valence-corrected chi connectivity index (χ0v) is 21.5. The third-order valence-electron chi connectivity index (χ3n) is 8.31. The summed E-state index contributed by atoms with van der Waals surface area (Å²) in [5, 5.41) is 0. The lowest BCUT2D eigenvalue weighted by atomic mass is 9.76. The van der Waals surface area contributed by atoms with Gasteiger partial charge in [0.2, 0.25) is 5.91 Å². The molecular weight excluding hydrogens is 493 g/mol. The Bertz CT molecular complexity index is 1660. The first kappa shape index (κ1) is 23.7. The van der Waals surface area contributed by atoms with Crippen molar-refractivity contribution in [3.8, 4) is 11.5 Å². The van der Waals surface area contributed by atoms with Crippen LogP contribution in [0.5, 0.6) is 11.5 Å². The van der Waals surface area contributed by atoms with Gasteiger partial charge in [0.25, 0.3) is 0 Å². The van der Waals surface area contributed by atoms with Gasteiger partial charge >= 0.3 is 0 Å². The number of para-hydroxylation sites is 1. The number of anilines is 1. The van der Waals surface area contributed by atoms with Crippen LogP contribution in [0, 0.1) is 12.7 Å². The number of hydrogen-bond acceptors (Lipinski definition) is 4. The van der Waals surface area contributed by atoms with E-state index in [0.29, 0.717) is 35.6 Å². The van der Waals surface area contributed by atoms with Crippen molar-refractivity contribution in [1.82, 2.24) is 0 Å². The van der Waals surface area contributed by atoms with Crippen LogP contribution in [-0.2, 0) is 29.6 Å². The van der Waals surface area contributed by atoms with Gasteiger partial charge in [-0.2, -0.15) is 0 Å². The average molecular weight is 520 g/mol. The molecule has 1 amide bonds. The van der Waals surface area contributed by atoms with E-state index in [4.69, 9.17) is 9.47 Å². The highest BCUT2D eigenvalue weighted by molar-refractivity contribution is 6.11. The zero-order chi connectivity index (χ0) is 26.7. The standard InChI is InChI=1S/C33H26FNO4/c1-20-23(5-4-7-27(20)34)16-29(36)22-11-9-21(10-12-22)18-35-28-8-3-2-6-25(28)33(32(35)37)19-39-31-17-30-24(13-14-38-30)15-26(31)33/h2-12,15,17H,13-14,16,18-19H2,1H3. The summed E-state index contributed by atoms with van der Waals surface area (Å²) in [5.74, 6) is 1.15. The van der Waals surface area contributed by atoms with Gasteiger partial charge in [-0.05, 0) is 52.9 Å². The second-order valence-electron chi connectivity index (χ2n) is 10.5. The molecule has 0 saturated carbocycles. The minimum atomic E-state index is -0.887. The van der Waals surface area contributed by atoms with Crippen LogP contribution >= 0.6 is 0 Å². The van der Waals surface area contributed by atoms with Crippen LogP contribution < -0.4 is 14.4 Å². The molecule has 1 spiro atoms. The Kier molecular flexibility index (Phi) is 5.34. The number of halogens is 1. The van der Waals surface area contributed by atoms with Gasteiger partial charge in [-0.25, -0.2) is 4.39 Å². The normalized spacial score (nSPS) is 18.5. The molecule has 0 saturated heterocycles. The molecular formula is C33H26FNO4. The van der Waals surface area contributed by atoms with Crippen LogP contribution in [0.4, 0.5) is 10.1 Å². The van der Waals surface area contributed by atoms with E-state index >= 15 is 0 Å². The summed E-state index contributed by atoms with van der Waals surface area (Å²) in [5.41, 5.74) is 5.60. The molecule has 7 rings (SSSR count). The van der Waals surface area contributed by atoms with Crippen molar-refractivity contribution >= 4 is 17.4 Å². The maximum absolute atomic E-state index is 14.2. The number of fused-ring (bicyclic) bond motifs is 5. The molecule has 0 fully saturated rings. The number of benzene rings is 4. The lowest BCUT2D eigenvalue weighted by Crippen LogP contribution is -2.42. The number of rotatable bonds is 5. The third-order valence-corrected chi connectivity index (χ3v) is 8.31. The van der Waals surface area contributed by atoms with Crippen LogP contribution in [0.3, 0.4) is 0 Å². The van der Waals surface area contributed by atoms with E-state index in [9.17, 15) is 14.0 Å². The van der Waals surface area contributed by atoms with E-state index in [1.807, 2.05) is 47.4 Å². The predicted octanol–water partition coefficient (Wildman–Crippen LogP) is 5.72. The van der Waals surface area contributed by atoms with Gasteiger partial charge in [-0.3, -0.25) is 9.59 Å². The van der Waals surface area contributed by atoms with Gasteiger partial charge in [-0.1, -0.05) is 54.6 Å². The molecule has 6 heteroatoms. The van der Waals surface area contributed by atoms with E-state index in [1.165, 1.54) is 6.07 Å². The molecule has 0 aromatic heterocycles. The molecule has 0 N–H and O–H groups in total. The number of ether oxygens (including phenoxy) is 2. The maximum atomic E-state index is 14.2. The van der Waals surface area contributed by atoms with Crippen molar-refractivity contribution in [2.75, 3.05) is 18.1 Å². The van der Waals surface area contributed by atoms with Gasteiger partial charge in [0.15, 0.2) is 5.78 Å². The number of amides is 1. The molecule has 4 aromatic carbocycles. The van der Waals surface area contributed by atoms with Gasteiger partial charge in [0.05, 0.1) is 13.2 Å². The first-order chi connectivity index (χ1) is 19.0. The molecule has 1 unspecified atom stereocenters. The third kappa shape index (κ3) is 3.58. The van der Waals surface area contributed by atoms with E-state index in [0.717, 1.165) is 40.1 Å². The van der Waals surface area contributed by atoms with Crippen molar-refractivity contribution in [3.63, 3.8) is 0 Å². The second kappa shape index (κ2) is 8.80. The Morgan fingerprint density at radius 3 is 2.62 bits per heavy atom. The minimum Gasteiger partial charge on any atom is -0.493 e. The second-order valence-corrected chi connectivity index (χ2v) is 10.5. The number of carbonyl (C=O) groups is 2. The van der Waals surface area contributed by atoms with Gasteiger partial charge in [0.1, 0.15) is 29.3 Å². The summed E-state index contributed by atoms with van der Waals surface area (Å²) in [4.78, 5) is 29.0. The number of hydrogen-bond donors (Lipinski definition) is 0. The lowest BCUT2D eigenvalue weighted by molar-refractivity contribution is -0.122. The Balaban J connectivity index is 1.17. The smallest absolute Gasteiger partial charge is 0.246 e. The highest BCUT2D eigenvalue weighted by Crippen LogP contribution is 2.54. The molecule has 3 heterocycles. The predicted molar refractivity (Wildman–Crippen MR) is 145 cm³/mol. The largest absolute Gasteiger partial charge is 0.493 e. The number of carbonyl (C=O) groups excluding carboxylic acids is 2. The topological polar surface area (TPSA) is 55.8 Å². The minimum absolute atomic E-state index is 0.0111. The van der Waals surface area contributed by atoms with Crippen molar-refractivity contribution in [2.24, 2.45) is 0 Å². The van der Waals surface area contributed by atoms with Crippen molar-refractivity contribution in [3.05, 3.63) is 124 Å². The molecule has 194 valence electrons. The Labute approximate surface area is 225 Å². The SMILES string of the molecule is Cc1c(F)cccc1CC(=O)c1ccc(CN2C(=O)C3(COc4cc5c(cc43)CCO5)c3ccccc32)cc1. The van der Waals surface area contributed by atoms with Crippen molar-refractivity contribution < 1.29 is 23.5 Å². The molecule has 1 atom stereocenters.